The van der Waals surface area contributed by atoms with Gasteiger partial charge in [0.2, 0.25) is 5.82 Å². The summed E-state index contributed by atoms with van der Waals surface area (Å²) >= 11 is 0. The lowest BCUT2D eigenvalue weighted by Gasteiger charge is -2.21. The maximum atomic E-state index is 10.6. The fourth-order valence-electron chi connectivity index (χ4n) is 1.87. The molecule has 0 bridgehead atoms. The Morgan fingerprint density at radius 1 is 1.75 bits per heavy atom. The molecule has 1 aromatic heterocycles. The Bertz CT molecular complexity index is 384. The zero-order chi connectivity index (χ0) is 11.5. The van der Waals surface area contributed by atoms with E-state index in [0.29, 0.717) is 19.1 Å². The summed E-state index contributed by atoms with van der Waals surface area (Å²) in [6.07, 6.45) is 3.26. The Kier molecular flexibility index (Phi) is 3.04. The van der Waals surface area contributed by atoms with Crippen LogP contribution in [-0.4, -0.2) is 27.9 Å². The first-order chi connectivity index (χ1) is 7.68. The Labute approximate surface area is 92.3 Å². The molecule has 16 heavy (non-hydrogen) atoms. The molecule has 0 aromatic carbocycles. The molecule has 7 nitrogen and oxygen atoms in total. The molecule has 0 radical (unpaired) electrons. The van der Waals surface area contributed by atoms with Crippen LogP contribution in [-0.2, 0) is 11.3 Å². The van der Waals surface area contributed by atoms with Gasteiger partial charge in [0.05, 0.1) is 11.5 Å². The maximum absolute atomic E-state index is 10.6. The smallest absolute Gasteiger partial charge is 0.330 e. The van der Waals surface area contributed by atoms with E-state index in [-0.39, 0.29) is 11.5 Å². The van der Waals surface area contributed by atoms with Crippen LogP contribution in [0, 0.1) is 16.0 Å². The highest BCUT2D eigenvalue weighted by Gasteiger charge is 2.21. The van der Waals surface area contributed by atoms with Crippen molar-refractivity contribution in [2.24, 2.45) is 5.92 Å². The van der Waals surface area contributed by atoms with Crippen LogP contribution >= 0.6 is 0 Å². The fraction of sp³-hybridized carbons (Fsp3) is 0.667. The van der Waals surface area contributed by atoms with Crippen molar-refractivity contribution in [3.63, 3.8) is 0 Å². The zero-order valence-electron chi connectivity index (χ0n) is 8.83. The SMILES string of the molecule is Nc1c([N+](=O)[O-])cnn1CC1CCCOC1. The number of aromatic nitrogens is 2. The average molecular weight is 226 g/mol. The first-order valence-corrected chi connectivity index (χ1v) is 5.22. The molecule has 1 fully saturated rings. The second-order valence-corrected chi connectivity index (χ2v) is 3.94. The summed E-state index contributed by atoms with van der Waals surface area (Å²) in [7, 11) is 0. The molecular formula is C9H14N4O3. The molecule has 2 heterocycles. The molecule has 88 valence electrons. The second kappa shape index (κ2) is 4.48. The predicted octanol–water partition coefficient (Wildman–Crippen LogP) is 0.800. The number of nitrogens with zero attached hydrogens (tertiary/aromatic N) is 3. The van der Waals surface area contributed by atoms with Gasteiger partial charge in [-0.1, -0.05) is 0 Å². The van der Waals surface area contributed by atoms with Crippen molar-refractivity contribution >= 4 is 11.5 Å². The number of hydrogen-bond donors (Lipinski definition) is 1. The van der Waals surface area contributed by atoms with Gasteiger partial charge in [-0.05, 0) is 12.8 Å². The van der Waals surface area contributed by atoms with E-state index in [1.54, 1.807) is 0 Å². The molecule has 1 aliphatic heterocycles. The van der Waals surface area contributed by atoms with E-state index in [4.69, 9.17) is 10.5 Å². The van der Waals surface area contributed by atoms with Crippen molar-refractivity contribution in [2.45, 2.75) is 19.4 Å². The van der Waals surface area contributed by atoms with Crippen LogP contribution in [0.2, 0.25) is 0 Å². The van der Waals surface area contributed by atoms with E-state index in [1.165, 1.54) is 10.9 Å². The van der Waals surface area contributed by atoms with Crippen LogP contribution in [0.15, 0.2) is 6.20 Å². The number of ether oxygens (including phenoxy) is 1. The molecule has 0 aliphatic carbocycles. The minimum Gasteiger partial charge on any atom is -0.381 e. The number of nitrogens with two attached hydrogens (primary N) is 1. The summed E-state index contributed by atoms with van der Waals surface area (Å²) in [6, 6.07) is 0. The molecule has 0 spiro atoms. The summed E-state index contributed by atoms with van der Waals surface area (Å²) < 4.78 is 6.82. The minimum atomic E-state index is -0.518. The lowest BCUT2D eigenvalue weighted by molar-refractivity contribution is -0.384. The molecular weight excluding hydrogens is 212 g/mol. The number of nitrogen functional groups attached to an aromatic ring is 1. The van der Waals surface area contributed by atoms with Crippen LogP contribution in [0.4, 0.5) is 11.5 Å². The van der Waals surface area contributed by atoms with E-state index in [1.807, 2.05) is 0 Å². The van der Waals surface area contributed by atoms with Gasteiger partial charge in [-0.3, -0.25) is 10.1 Å². The van der Waals surface area contributed by atoms with Gasteiger partial charge in [0.1, 0.15) is 6.20 Å². The molecule has 1 atom stereocenters. The van der Waals surface area contributed by atoms with Gasteiger partial charge >= 0.3 is 5.69 Å². The number of anilines is 1. The van der Waals surface area contributed by atoms with Crippen molar-refractivity contribution < 1.29 is 9.66 Å². The van der Waals surface area contributed by atoms with Crippen molar-refractivity contribution in [3.8, 4) is 0 Å². The van der Waals surface area contributed by atoms with Crippen molar-refractivity contribution in [1.82, 2.24) is 9.78 Å². The van der Waals surface area contributed by atoms with E-state index >= 15 is 0 Å². The van der Waals surface area contributed by atoms with Crippen LogP contribution in [0.1, 0.15) is 12.8 Å². The Morgan fingerprint density at radius 3 is 3.12 bits per heavy atom. The third-order valence-electron chi connectivity index (χ3n) is 2.74. The molecule has 2 N–H and O–H groups in total. The number of nitro groups is 1. The van der Waals surface area contributed by atoms with Crippen LogP contribution in [0.5, 0.6) is 0 Å². The van der Waals surface area contributed by atoms with Crippen molar-refractivity contribution in [2.75, 3.05) is 18.9 Å². The second-order valence-electron chi connectivity index (χ2n) is 3.94. The summed E-state index contributed by atoms with van der Waals surface area (Å²) in [4.78, 5) is 10.1. The van der Waals surface area contributed by atoms with Crippen LogP contribution in [0.3, 0.4) is 0 Å². The van der Waals surface area contributed by atoms with E-state index in [9.17, 15) is 10.1 Å². The van der Waals surface area contributed by atoms with Crippen LogP contribution in [0.25, 0.3) is 0 Å². The maximum Gasteiger partial charge on any atom is 0.330 e. The molecule has 2 rings (SSSR count). The molecule has 1 aliphatic rings. The fourth-order valence-corrected chi connectivity index (χ4v) is 1.87. The highest BCUT2D eigenvalue weighted by molar-refractivity contribution is 5.51. The summed E-state index contributed by atoms with van der Waals surface area (Å²) in [5, 5.41) is 14.5. The Hall–Kier alpha value is -1.63. The molecule has 0 amide bonds. The molecule has 0 saturated carbocycles. The predicted molar refractivity (Wildman–Crippen MR) is 56.8 cm³/mol. The Balaban J connectivity index is 2.06. The number of rotatable bonds is 3. The summed E-state index contributed by atoms with van der Waals surface area (Å²) in [5.41, 5.74) is 5.51. The summed E-state index contributed by atoms with van der Waals surface area (Å²) in [5.74, 6) is 0.464. The summed E-state index contributed by atoms with van der Waals surface area (Å²) in [6.45, 7) is 2.05. The quantitative estimate of drug-likeness (QED) is 0.607. The monoisotopic (exact) mass is 226 g/mol. The highest BCUT2D eigenvalue weighted by atomic mass is 16.6. The van der Waals surface area contributed by atoms with E-state index in [0.717, 1.165) is 19.4 Å². The highest BCUT2D eigenvalue weighted by Crippen LogP contribution is 2.23. The Morgan fingerprint density at radius 2 is 2.56 bits per heavy atom. The van der Waals surface area contributed by atoms with Crippen LogP contribution < -0.4 is 5.73 Å². The van der Waals surface area contributed by atoms with Gasteiger partial charge in [-0.15, -0.1) is 0 Å². The largest absolute Gasteiger partial charge is 0.381 e. The minimum absolute atomic E-state index is 0.121. The lowest BCUT2D eigenvalue weighted by atomic mass is 10.0. The standard InChI is InChI=1S/C9H14N4O3/c10-9-8(13(14)15)4-11-12(9)5-7-2-1-3-16-6-7/h4,7H,1-3,5-6,10H2. The van der Waals surface area contributed by atoms with Crippen molar-refractivity contribution in [3.05, 3.63) is 16.3 Å². The van der Waals surface area contributed by atoms with Gasteiger partial charge in [0.15, 0.2) is 0 Å². The lowest BCUT2D eigenvalue weighted by Crippen LogP contribution is -2.23. The third-order valence-corrected chi connectivity index (χ3v) is 2.74. The molecule has 1 unspecified atom stereocenters. The zero-order valence-corrected chi connectivity index (χ0v) is 8.83. The van der Waals surface area contributed by atoms with Gasteiger partial charge in [0, 0.05) is 19.1 Å². The van der Waals surface area contributed by atoms with E-state index < -0.39 is 4.92 Å². The van der Waals surface area contributed by atoms with E-state index in [2.05, 4.69) is 5.10 Å². The topological polar surface area (TPSA) is 96.2 Å². The third kappa shape index (κ3) is 2.13. The average Bonchev–Trinajstić information content (AvgIpc) is 2.62. The van der Waals surface area contributed by atoms with Gasteiger partial charge < -0.3 is 10.5 Å². The normalized spacial score (nSPS) is 20.9. The van der Waals surface area contributed by atoms with Crippen molar-refractivity contribution in [1.29, 1.82) is 0 Å². The first kappa shape index (κ1) is 10.9. The first-order valence-electron chi connectivity index (χ1n) is 5.22. The van der Waals surface area contributed by atoms with Gasteiger partial charge in [-0.2, -0.15) is 5.10 Å². The molecule has 1 aromatic rings. The molecule has 7 heteroatoms. The number of hydrogen-bond acceptors (Lipinski definition) is 5. The van der Waals surface area contributed by atoms with Gasteiger partial charge in [-0.25, -0.2) is 4.68 Å². The van der Waals surface area contributed by atoms with Gasteiger partial charge in [0.25, 0.3) is 0 Å². The molecule has 1 saturated heterocycles.